The molecule has 9 heavy (non-hydrogen) atoms. The van der Waals surface area contributed by atoms with Gasteiger partial charge in [0.1, 0.15) is 0 Å². The Balaban J connectivity index is -0.00000000762. The van der Waals surface area contributed by atoms with Crippen molar-refractivity contribution in [3.05, 3.63) is 26.3 Å². The van der Waals surface area contributed by atoms with Gasteiger partial charge in [0.2, 0.25) is 0 Å². The smallest absolute Gasteiger partial charge is 0 e. The van der Waals surface area contributed by atoms with Gasteiger partial charge in [-0.25, -0.2) is 0 Å². The maximum absolute atomic E-state index is 6.25. The number of hydrogen-bond donors (Lipinski definition) is 0. The van der Waals surface area contributed by atoms with Gasteiger partial charge in [0.15, 0.2) is 0 Å². The maximum Gasteiger partial charge on any atom is 0 e. The van der Waals surface area contributed by atoms with E-state index in [1.54, 1.807) is 0 Å². The van der Waals surface area contributed by atoms with E-state index in [1.807, 2.05) is 0 Å². The van der Waals surface area contributed by atoms with Crippen LogP contribution in [0.1, 0.15) is 0 Å². The van der Waals surface area contributed by atoms with Gasteiger partial charge in [0.25, 0.3) is 0 Å². The zero-order chi connectivity index (χ0) is 8.00. The van der Waals surface area contributed by atoms with Gasteiger partial charge in [-0.1, -0.05) is 0 Å². The fourth-order valence-corrected chi connectivity index (χ4v) is 0. The first-order valence-corrected chi connectivity index (χ1v) is 0.894. The van der Waals surface area contributed by atoms with Crippen molar-refractivity contribution < 1.29 is 27.3 Å². The monoisotopic (exact) mass is 218 g/mol. The minimum absolute atomic E-state index is 0. The Kier molecular flexibility index (Phi) is 951. The molecule has 0 aromatic heterocycles. The topological polar surface area (TPSA) is 95.2 Å². The van der Waals surface area contributed by atoms with Crippen LogP contribution in [0, 0.1) is 47.3 Å². The molecule has 0 aromatic rings. The van der Waals surface area contributed by atoms with Crippen LogP contribution < -0.4 is 0 Å². The third-order valence-electron chi connectivity index (χ3n) is 0. The second-order valence-corrected chi connectivity index (χ2v) is 0. The van der Waals surface area contributed by atoms with Crippen LogP contribution in [-0.2, 0) is 27.3 Å². The third kappa shape index (κ3) is 131. The van der Waals surface area contributed by atoms with Crippen molar-refractivity contribution in [3.63, 3.8) is 0 Å². The number of rotatable bonds is 0. The van der Waals surface area contributed by atoms with Crippen molar-refractivity contribution in [2.75, 3.05) is 0 Å². The molecular formula is C4CdN4-4. The summed E-state index contributed by atoms with van der Waals surface area (Å²) in [6.45, 7) is 19.0. The van der Waals surface area contributed by atoms with Crippen LogP contribution in [0.5, 0.6) is 0 Å². The molecule has 0 aromatic carbocycles. The molecular weight excluding hydrogens is 216 g/mol. The van der Waals surface area contributed by atoms with E-state index in [1.165, 1.54) is 0 Å². The van der Waals surface area contributed by atoms with Crippen LogP contribution in [0.4, 0.5) is 0 Å². The van der Waals surface area contributed by atoms with E-state index in [4.69, 9.17) is 47.3 Å². The molecule has 0 rings (SSSR count). The standard InChI is InChI=1S/4CN.Cd/c4*1-2;/q4*-1;. The van der Waals surface area contributed by atoms with Gasteiger partial charge < -0.3 is 47.3 Å². The van der Waals surface area contributed by atoms with Gasteiger partial charge in [-0.3, -0.25) is 0 Å². The van der Waals surface area contributed by atoms with Gasteiger partial charge >= 0.3 is 0 Å². The first-order chi connectivity index (χ1) is 4.00. The summed E-state index contributed by atoms with van der Waals surface area (Å²) in [5.74, 6) is 0. The molecule has 0 fully saturated rings. The van der Waals surface area contributed by atoms with Crippen molar-refractivity contribution in [2.45, 2.75) is 0 Å². The molecule has 0 spiro atoms. The molecule has 0 bridgehead atoms. The summed E-state index contributed by atoms with van der Waals surface area (Å²) in [6, 6.07) is 0. The minimum Gasteiger partial charge on any atom is -0.512 e. The molecule has 42 valence electrons. The zero-order valence-electron chi connectivity index (χ0n) is 4.50. The quantitative estimate of drug-likeness (QED) is 0.432. The SMILES string of the molecule is [C-]#N.[C-]#N.[C-]#N.[C-]#N.[Cd]. The predicted octanol–water partition coefficient (Wildman–Crippen LogP) is 0.383. The van der Waals surface area contributed by atoms with Crippen molar-refractivity contribution in [1.82, 2.24) is 0 Å². The Morgan fingerprint density at radius 2 is 0.444 bits per heavy atom. The van der Waals surface area contributed by atoms with Gasteiger partial charge in [-0.15, -0.1) is 0 Å². The van der Waals surface area contributed by atoms with E-state index in [0.29, 0.717) is 0 Å². The van der Waals surface area contributed by atoms with Gasteiger partial charge in [0, 0.05) is 27.3 Å². The Morgan fingerprint density at radius 3 is 0.444 bits per heavy atom. The molecule has 0 aliphatic rings. The van der Waals surface area contributed by atoms with Crippen LogP contribution >= 0.6 is 0 Å². The van der Waals surface area contributed by atoms with E-state index < -0.39 is 0 Å². The molecule has 5 heteroatoms. The first kappa shape index (κ1) is 44.9. The van der Waals surface area contributed by atoms with Crippen molar-refractivity contribution in [1.29, 1.82) is 21.0 Å². The van der Waals surface area contributed by atoms with E-state index in [0.717, 1.165) is 0 Å². The molecule has 0 amide bonds. The van der Waals surface area contributed by atoms with Crippen LogP contribution in [0.15, 0.2) is 0 Å². The molecule has 0 aliphatic carbocycles. The molecule has 0 N–H and O–H groups in total. The number of hydrogen-bond acceptors (Lipinski definition) is 4. The average molecular weight is 216 g/mol. The molecule has 0 radical (unpaired) electrons. The van der Waals surface area contributed by atoms with Gasteiger partial charge in [-0.2, -0.15) is 0 Å². The summed E-state index contributed by atoms with van der Waals surface area (Å²) in [4.78, 5) is 0. The summed E-state index contributed by atoms with van der Waals surface area (Å²) in [7, 11) is 0. The van der Waals surface area contributed by atoms with E-state index >= 15 is 0 Å². The van der Waals surface area contributed by atoms with Gasteiger partial charge in [-0.05, 0) is 0 Å². The summed E-state index contributed by atoms with van der Waals surface area (Å²) in [5, 5.41) is 25.0. The fraction of sp³-hybridized carbons (Fsp3) is 0. The van der Waals surface area contributed by atoms with Crippen LogP contribution in [-0.4, -0.2) is 0 Å². The largest absolute Gasteiger partial charge is 0.512 e. The minimum atomic E-state index is 0. The molecule has 0 saturated heterocycles. The Labute approximate surface area is 74.7 Å². The molecule has 0 saturated carbocycles. The molecule has 0 heterocycles. The van der Waals surface area contributed by atoms with Crippen molar-refractivity contribution in [3.8, 4) is 0 Å². The number of nitrogens with zero attached hydrogens (tertiary/aromatic N) is 4. The molecule has 0 aliphatic heterocycles. The Hall–Kier alpha value is -1.12. The van der Waals surface area contributed by atoms with Crippen LogP contribution in [0.2, 0.25) is 0 Å². The second kappa shape index (κ2) is 191. The maximum atomic E-state index is 6.25. The Bertz CT molecular complexity index is 55.5. The van der Waals surface area contributed by atoms with Crippen molar-refractivity contribution >= 4 is 0 Å². The van der Waals surface area contributed by atoms with Crippen molar-refractivity contribution in [2.24, 2.45) is 0 Å². The van der Waals surface area contributed by atoms with Gasteiger partial charge in [0.05, 0.1) is 0 Å². The normalized spacial score (nSPS) is 0.889. The predicted molar refractivity (Wildman–Crippen MR) is 19.9 cm³/mol. The summed E-state index contributed by atoms with van der Waals surface area (Å²) >= 11 is 0. The van der Waals surface area contributed by atoms with E-state index in [-0.39, 0.29) is 27.3 Å². The second-order valence-electron chi connectivity index (χ2n) is 0. The molecule has 0 atom stereocenters. The van der Waals surface area contributed by atoms with Crippen LogP contribution in [0.3, 0.4) is 0 Å². The first-order valence-electron chi connectivity index (χ1n) is 0.894. The van der Waals surface area contributed by atoms with E-state index in [2.05, 4.69) is 0 Å². The summed E-state index contributed by atoms with van der Waals surface area (Å²) < 4.78 is 0. The fourth-order valence-electron chi connectivity index (χ4n) is 0. The third-order valence-corrected chi connectivity index (χ3v) is 0. The Morgan fingerprint density at radius 1 is 0.444 bits per heavy atom. The zero-order valence-corrected chi connectivity index (χ0v) is 8.53. The molecule has 4 nitrogen and oxygen atoms in total. The molecule has 0 unspecified atom stereocenters. The van der Waals surface area contributed by atoms with E-state index in [9.17, 15) is 0 Å². The van der Waals surface area contributed by atoms with Crippen LogP contribution in [0.25, 0.3) is 0 Å². The summed E-state index contributed by atoms with van der Waals surface area (Å²) in [6.07, 6.45) is 0. The summed E-state index contributed by atoms with van der Waals surface area (Å²) in [5.41, 5.74) is 0. The average Bonchev–Trinajstić information content (AvgIpc) is 2.03.